The Kier molecular flexibility index (Phi) is 5.10. The van der Waals surface area contributed by atoms with Crippen LogP contribution in [-0.4, -0.2) is 33.5 Å². The number of aliphatic hydroxyl groups is 1. The molecule has 2 aromatic rings. The van der Waals surface area contributed by atoms with Crippen LogP contribution < -0.4 is 11.2 Å². The quantitative estimate of drug-likeness (QED) is 0.354. The molecule has 0 bridgehead atoms. The summed E-state index contributed by atoms with van der Waals surface area (Å²) >= 11 is 0. The molecule has 0 atom stereocenters. The summed E-state index contributed by atoms with van der Waals surface area (Å²) in [4.78, 5) is 48.8. The molecule has 0 fully saturated rings. The molecule has 1 aromatic carbocycles. The third-order valence-corrected chi connectivity index (χ3v) is 3.13. The topological polar surface area (TPSA) is 118 Å². The fourth-order valence-electron chi connectivity index (χ4n) is 1.95. The van der Waals surface area contributed by atoms with E-state index in [9.17, 15) is 24.3 Å². The number of aromatic amines is 1. The lowest BCUT2D eigenvalue weighted by Gasteiger charge is -2.06. The molecule has 0 saturated heterocycles. The Labute approximate surface area is 135 Å². The van der Waals surface area contributed by atoms with Gasteiger partial charge in [0.2, 0.25) is 5.76 Å². The second-order valence-electron chi connectivity index (χ2n) is 4.80. The normalized spacial score (nSPS) is 11.1. The summed E-state index contributed by atoms with van der Waals surface area (Å²) in [5, 5.41) is 9.38. The van der Waals surface area contributed by atoms with Gasteiger partial charge in [-0.1, -0.05) is 30.3 Å². The highest BCUT2D eigenvalue weighted by Crippen LogP contribution is 2.02. The first-order chi connectivity index (χ1) is 11.4. The Balaban J connectivity index is 2.40. The number of allylic oxidation sites excluding steroid dienone is 1. The number of esters is 1. The van der Waals surface area contributed by atoms with E-state index in [0.717, 1.165) is 23.4 Å². The predicted octanol–water partition coefficient (Wildman–Crippen LogP) is 0.383. The number of ketones is 1. The molecular formula is C16H14N2O6. The van der Waals surface area contributed by atoms with Gasteiger partial charge < -0.3 is 9.84 Å². The van der Waals surface area contributed by atoms with Gasteiger partial charge in [-0.3, -0.25) is 19.1 Å². The van der Waals surface area contributed by atoms with E-state index in [1.54, 1.807) is 24.3 Å². The van der Waals surface area contributed by atoms with Crippen LogP contribution in [0.5, 0.6) is 0 Å². The van der Waals surface area contributed by atoms with Crippen LogP contribution in [0.2, 0.25) is 0 Å². The third kappa shape index (κ3) is 3.86. The number of nitrogens with zero attached hydrogens (tertiary/aromatic N) is 1. The highest BCUT2D eigenvalue weighted by molar-refractivity contribution is 6.07. The van der Waals surface area contributed by atoms with Gasteiger partial charge in [0, 0.05) is 12.3 Å². The minimum absolute atomic E-state index is 0.142. The Morgan fingerprint density at radius 3 is 2.54 bits per heavy atom. The lowest BCUT2D eigenvalue weighted by atomic mass is 10.2. The third-order valence-electron chi connectivity index (χ3n) is 3.13. The maximum absolute atomic E-state index is 12.0. The zero-order chi connectivity index (χ0) is 17.7. The highest BCUT2D eigenvalue weighted by atomic mass is 16.5. The number of hydrogen-bond acceptors (Lipinski definition) is 6. The van der Waals surface area contributed by atoms with Crippen LogP contribution in [0.3, 0.4) is 0 Å². The van der Waals surface area contributed by atoms with Gasteiger partial charge in [0.15, 0.2) is 5.78 Å². The molecular weight excluding hydrogens is 316 g/mol. The number of hydrogen-bond donors (Lipinski definition) is 2. The first kappa shape index (κ1) is 16.9. The van der Waals surface area contributed by atoms with Crippen molar-refractivity contribution in [2.45, 2.75) is 6.54 Å². The molecule has 0 aliphatic rings. The summed E-state index contributed by atoms with van der Waals surface area (Å²) < 4.78 is 5.40. The summed E-state index contributed by atoms with van der Waals surface area (Å²) in [5.74, 6) is -2.99. The van der Waals surface area contributed by atoms with E-state index >= 15 is 0 Å². The molecule has 8 heteroatoms. The minimum atomic E-state index is -1.11. The van der Waals surface area contributed by atoms with Gasteiger partial charge in [0.1, 0.15) is 5.56 Å². The monoisotopic (exact) mass is 330 g/mol. The molecule has 124 valence electrons. The Hall–Kier alpha value is -3.42. The van der Waals surface area contributed by atoms with Crippen molar-refractivity contribution >= 4 is 11.8 Å². The first-order valence-corrected chi connectivity index (χ1v) is 6.83. The maximum Gasteiger partial charge on any atom is 0.373 e. The number of rotatable bonds is 5. The molecule has 0 spiro atoms. The van der Waals surface area contributed by atoms with E-state index < -0.39 is 28.8 Å². The minimum Gasteiger partial charge on any atom is -0.502 e. The zero-order valence-corrected chi connectivity index (χ0v) is 12.7. The van der Waals surface area contributed by atoms with E-state index in [-0.39, 0.29) is 12.1 Å². The molecule has 1 heterocycles. The van der Waals surface area contributed by atoms with E-state index in [1.165, 1.54) is 0 Å². The molecule has 0 aliphatic heterocycles. The lowest BCUT2D eigenvalue weighted by molar-refractivity contribution is -0.139. The van der Waals surface area contributed by atoms with E-state index in [0.29, 0.717) is 6.08 Å². The van der Waals surface area contributed by atoms with E-state index in [2.05, 4.69) is 4.74 Å². The van der Waals surface area contributed by atoms with Crippen molar-refractivity contribution in [3.63, 3.8) is 0 Å². The van der Waals surface area contributed by atoms with Crippen molar-refractivity contribution in [2.75, 3.05) is 7.11 Å². The molecule has 0 saturated carbocycles. The number of carbonyl (C=O) groups excluding carboxylic acids is 2. The molecule has 1 aromatic heterocycles. The average Bonchev–Trinajstić information content (AvgIpc) is 2.57. The number of ether oxygens (including phenoxy) is 1. The van der Waals surface area contributed by atoms with Crippen LogP contribution in [-0.2, 0) is 16.1 Å². The predicted molar refractivity (Wildman–Crippen MR) is 83.9 cm³/mol. The summed E-state index contributed by atoms with van der Waals surface area (Å²) in [5.41, 5.74) is -1.19. The van der Waals surface area contributed by atoms with Crippen molar-refractivity contribution in [2.24, 2.45) is 0 Å². The molecule has 0 amide bonds. The first-order valence-electron chi connectivity index (χ1n) is 6.83. The molecule has 0 aliphatic carbocycles. The second-order valence-corrected chi connectivity index (χ2v) is 4.80. The number of benzene rings is 1. The van der Waals surface area contributed by atoms with E-state index in [1.807, 2.05) is 11.1 Å². The van der Waals surface area contributed by atoms with Crippen molar-refractivity contribution in [3.05, 3.63) is 80.3 Å². The van der Waals surface area contributed by atoms with Crippen LogP contribution in [0.25, 0.3) is 0 Å². The van der Waals surface area contributed by atoms with Gasteiger partial charge >= 0.3 is 11.7 Å². The fourth-order valence-corrected chi connectivity index (χ4v) is 1.95. The van der Waals surface area contributed by atoms with Crippen molar-refractivity contribution in [3.8, 4) is 0 Å². The van der Waals surface area contributed by atoms with Crippen LogP contribution in [0.1, 0.15) is 15.9 Å². The summed E-state index contributed by atoms with van der Waals surface area (Å²) in [7, 11) is 1.03. The maximum atomic E-state index is 12.0. The molecule has 8 nitrogen and oxygen atoms in total. The summed E-state index contributed by atoms with van der Waals surface area (Å²) in [6.45, 7) is 0.142. The number of aromatic nitrogens is 2. The zero-order valence-electron chi connectivity index (χ0n) is 12.7. The molecule has 2 N–H and O–H groups in total. The van der Waals surface area contributed by atoms with Crippen LogP contribution in [0.4, 0.5) is 0 Å². The number of nitrogens with one attached hydrogen (secondary N) is 1. The van der Waals surface area contributed by atoms with Gasteiger partial charge in [-0.05, 0) is 5.56 Å². The fraction of sp³-hybridized carbons (Fsp3) is 0.125. The van der Waals surface area contributed by atoms with Crippen LogP contribution in [0.15, 0.2) is 58.0 Å². The van der Waals surface area contributed by atoms with Gasteiger partial charge in [0.25, 0.3) is 5.56 Å². The number of H-pyrrole nitrogens is 1. The van der Waals surface area contributed by atoms with Crippen molar-refractivity contribution in [1.82, 2.24) is 9.55 Å². The molecule has 0 radical (unpaired) electrons. The molecule has 0 unspecified atom stereocenters. The number of aliphatic hydroxyl groups excluding tert-OH is 1. The lowest BCUT2D eigenvalue weighted by Crippen LogP contribution is -2.33. The van der Waals surface area contributed by atoms with Crippen LogP contribution in [0, 0.1) is 0 Å². The highest BCUT2D eigenvalue weighted by Gasteiger charge is 2.15. The Morgan fingerprint density at radius 2 is 1.92 bits per heavy atom. The van der Waals surface area contributed by atoms with Gasteiger partial charge in [0.05, 0.1) is 13.7 Å². The van der Waals surface area contributed by atoms with Crippen molar-refractivity contribution < 1.29 is 19.4 Å². The second kappa shape index (κ2) is 7.23. The van der Waals surface area contributed by atoms with Gasteiger partial charge in [-0.2, -0.15) is 0 Å². The summed E-state index contributed by atoms with van der Waals surface area (Å²) in [6.07, 6.45) is 1.64. The molecule has 2 rings (SSSR count). The average molecular weight is 330 g/mol. The van der Waals surface area contributed by atoms with Gasteiger partial charge in [-0.25, -0.2) is 9.59 Å². The Bertz CT molecular complexity index is 908. The smallest absolute Gasteiger partial charge is 0.373 e. The van der Waals surface area contributed by atoms with E-state index in [4.69, 9.17) is 0 Å². The number of carbonyl (C=O) groups is 2. The van der Waals surface area contributed by atoms with Crippen LogP contribution >= 0.6 is 0 Å². The largest absolute Gasteiger partial charge is 0.502 e. The summed E-state index contributed by atoms with van der Waals surface area (Å²) in [6, 6.07) is 8.95. The van der Waals surface area contributed by atoms with Gasteiger partial charge in [-0.15, -0.1) is 0 Å². The molecule has 24 heavy (non-hydrogen) atoms. The SMILES string of the molecule is COC(=O)/C(O)=C/C(=O)c1cn(Cc2ccccc2)c(=O)[nH]c1=O. The van der Waals surface area contributed by atoms with Crippen molar-refractivity contribution in [1.29, 1.82) is 0 Å². The number of methoxy groups -OCH3 is 1. The standard InChI is InChI=1S/C16H14N2O6/c1-24-15(22)13(20)7-12(19)11-9-18(16(23)17-14(11)21)8-10-5-3-2-4-6-10/h2-7,9,20H,8H2,1H3,(H,17,21,23)/b13-7-. The Morgan fingerprint density at radius 1 is 1.25 bits per heavy atom.